The van der Waals surface area contributed by atoms with Crippen LogP contribution in [0.5, 0.6) is 0 Å². The summed E-state index contributed by atoms with van der Waals surface area (Å²) in [6, 6.07) is 0.319. The second kappa shape index (κ2) is 7.23. The summed E-state index contributed by atoms with van der Waals surface area (Å²) in [4.78, 5) is 11.9. The van der Waals surface area contributed by atoms with Gasteiger partial charge < -0.3 is 10.1 Å². The zero-order valence-corrected chi connectivity index (χ0v) is 10.9. The molecule has 0 radical (unpaired) electrons. The molecule has 1 amide bonds. The minimum absolute atomic E-state index is 0.170. The highest BCUT2D eigenvalue weighted by molar-refractivity contribution is 9.09. The number of amides is 1. The predicted molar refractivity (Wildman–Crippen MR) is 64.2 cm³/mol. The Morgan fingerprint density at radius 1 is 1.53 bits per heavy atom. The van der Waals surface area contributed by atoms with Crippen LogP contribution in [-0.2, 0) is 9.53 Å². The molecule has 1 rings (SSSR count). The molecule has 1 saturated heterocycles. The number of carbonyl (C=O) groups excluding carboxylic acids is 1. The van der Waals surface area contributed by atoms with Crippen LogP contribution in [0.15, 0.2) is 0 Å². The van der Waals surface area contributed by atoms with Gasteiger partial charge in [-0.05, 0) is 25.7 Å². The molecule has 88 valence electrons. The summed E-state index contributed by atoms with van der Waals surface area (Å²) in [5.41, 5.74) is 0. The van der Waals surface area contributed by atoms with E-state index in [4.69, 9.17) is 4.74 Å². The monoisotopic (exact) mass is 277 g/mol. The standard InChI is InChI=1S/C11H20BrNO2/c1-2-10(3-6-12)13-11(14)9-4-7-15-8-5-9/h9-10H,2-8H2,1H3,(H,13,14). The van der Waals surface area contributed by atoms with Crippen LogP contribution in [0.4, 0.5) is 0 Å². The minimum Gasteiger partial charge on any atom is -0.381 e. The molecular weight excluding hydrogens is 258 g/mol. The average molecular weight is 278 g/mol. The second-order valence-corrected chi connectivity index (χ2v) is 4.77. The van der Waals surface area contributed by atoms with Crippen LogP contribution in [0.2, 0.25) is 0 Å². The lowest BCUT2D eigenvalue weighted by Crippen LogP contribution is -2.40. The van der Waals surface area contributed by atoms with Crippen molar-refractivity contribution in [2.75, 3.05) is 18.5 Å². The number of hydrogen-bond donors (Lipinski definition) is 1. The normalized spacial score (nSPS) is 19.9. The largest absolute Gasteiger partial charge is 0.381 e. The smallest absolute Gasteiger partial charge is 0.223 e. The van der Waals surface area contributed by atoms with Crippen LogP contribution in [0.1, 0.15) is 32.6 Å². The maximum Gasteiger partial charge on any atom is 0.223 e. The van der Waals surface area contributed by atoms with E-state index < -0.39 is 0 Å². The van der Waals surface area contributed by atoms with Crippen molar-refractivity contribution >= 4 is 21.8 Å². The topological polar surface area (TPSA) is 38.3 Å². The van der Waals surface area contributed by atoms with E-state index in [0.717, 1.165) is 44.2 Å². The number of carbonyl (C=O) groups is 1. The Kier molecular flexibility index (Phi) is 6.25. The Bertz CT molecular complexity index is 193. The van der Waals surface area contributed by atoms with E-state index >= 15 is 0 Å². The summed E-state index contributed by atoms with van der Waals surface area (Å²) in [5, 5.41) is 4.06. The van der Waals surface area contributed by atoms with Gasteiger partial charge in [-0.25, -0.2) is 0 Å². The van der Waals surface area contributed by atoms with Crippen molar-refractivity contribution in [1.29, 1.82) is 0 Å². The number of hydrogen-bond acceptors (Lipinski definition) is 2. The van der Waals surface area contributed by atoms with Gasteiger partial charge in [-0.1, -0.05) is 22.9 Å². The van der Waals surface area contributed by atoms with Crippen LogP contribution in [0.3, 0.4) is 0 Å². The van der Waals surface area contributed by atoms with E-state index in [-0.39, 0.29) is 11.8 Å². The summed E-state index contributed by atoms with van der Waals surface area (Å²) < 4.78 is 5.24. The number of halogens is 1. The first-order chi connectivity index (χ1) is 7.27. The molecule has 1 aliphatic heterocycles. The fraction of sp³-hybridized carbons (Fsp3) is 0.909. The number of rotatable bonds is 5. The number of alkyl halides is 1. The van der Waals surface area contributed by atoms with Crippen LogP contribution in [-0.4, -0.2) is 30.5 Å². The first-order valence-corrected chi connectivity index (χ1v) is 6.84. The van der Waals surface area contributed by atoms with Crippen molar-refractivity contribution in [3.8, 4) is 0 Å². The van der Waals surface area contributed by atoms with E-state index in [0.29, 0.717) is 6.04 Å². The van der Waals surface area contributed by atoms with E-state index in [1.54, 1.807) is 0 Å². The molecule has 1 aliphatic rings. The van der Waals surface area contributed by atoms with Gasteiger partial charge in [0, 0.05) is 30.5 Å². The fourth-order valence-electron chi connectivity index (χ4n) is 1.79. The Hall–Kier alpha value is -0.0900. The minimum atomic E-state index is 0.170. The summed E-state index contributed by atoms with van der Waals surface area (Å²) in [7, 11) is 0. The summed E-state index contributed by atoms with van der Waals surface area (Å²) in [6.07, 6.45) is 3.75. The van der Waals surface area contributed by atoms with Crippen LogP contribution >= 0.6 is 15.9 Å². The lowest BCUT2D eigenvalue weighted by molar-refractivity contribution is -0.128. The van der Waals surface area contributed by atoms with E-state index in [9.17, 15) is 4.79 Å². The van der Waals surface area contributed by atoms with Crippen molar-refractivity contribution in [3.63, 3.8) is 0 Å². The zero-order valence-electron chi connectivity index (χ0n) is 9.30. The van der Waals surface area contributed by atoms with E-state index in [2.05, 4.69) is 28.2 Å². The third kappa shape index (κ3) is 4.51. The molecule has 1 fully saturated rings. The van der Waals surface area contributed by atoms with Gasteiger partial charge in [0.25, 0.3) is 0 Å². The molecule has 1 atom stereocenters. The Morgan fingerprint density at radius 3 is 2.73 bits per heavy atom. The molecule has 0 aromatic heterocycles. The molecule has 1 unspecified atom stereocenters. The maximum atomic E-state index is 11.9. The van der Waals surface area contributed by atoms with Crippen LogP contribution in [0.25, 0.3) is 0 Å². The number of nitrogens with one attached hydrogen (secondary N) is 1. The molecule has 15 heavy (non-hydrogen) atoms. The van der Waals surface area contributed by atoms with Crippen molar-refractivity contribution in [3.05, 3.63) is 0 Å². The molecular formula is C11H20BrNO2. The van der Waals surface area contributed by atoms with Gasteiger partial charge in [0.2, 0.25) is 5.91 Å². The molecule has 0 spiro atoms. The molecule has 0 aromatic carbocycles. The highest BCUT2D eigenvalue weighted by atomic mass is 79.9. The average Bonchev–Trinajstić information content (AvgIpc) is 2.29. The first kappa shape index (κ1) is 13.0. The molecule has 1 N–H and O–H groups in total. The molecule has 4 heteroatoms. The summed E-state index contributed by atoms with van der Waals surface area (Å²) in [5.74, 6) is 0.384. The van der Waals surface area contributed by atoms with Gasteiger partial charge >= 0.3 is 0 Å². The molecule has 3 nitrogen and oxygen atoms in total. The summed E-state index contributed by atoms with van der Waals surface area (Å²) in [6.45, 7) is 3.57. The third-order valence-corrected chi connectivity index (χ3v) is 3.35. The van der Waals surface area contributed by atoms with Crippen molar-refractivity contribution < 1.29 is 9.53 Å². The number of ether oxygens (including phenoxy) is 1. The Labute approximate surface area is 100 Å². The van der Waals surface area contributed by atoms with Gasteiger partial charge in [-0.2, -0.15) is 0 Å². The van der Waals surface area contributed by atoms with Crippen molar-refractivity contribution in [2.24, 2.45) is 5.92 Å². The lowest BCUT2D eigenvalue weighted by Gasteiger charge is -2.24. The molecule has 0 aliphatic carbocycles. The lowest BCUT2D eigenvalue weighted by atomic mass is 9.98. The van der Waals surface area contributed by atoms with Gasteiger partial charge in [-0.3, -0.25) is 4.79 Å². The van der Waals surface area contributed by atoms with Gasteiger partial charge in [0.05, 0.1) is 0 Å². The van der Waals surface area contributed by atoms with Crippen molar-refractivity contribution in [2.45, 2.75) is 38.6 Å². The molecule has 0 saturated carbocycles. The highest BCUT2D eigenvalue weighted by Crippen LogP contribution is 2.15. The highest BCUT2D eigenvalue weighted by Gasteiger charge is 2.22. The van der Waals surface area contributed by atoms with Gasteiger partial charge in [0.15, 0.2) is 0 Å². The maximum absolute atomic E-state index is 11.9. The molecule has 0 bridgehead atoms. The SMILES string of the molecule is CCC(CCBr)NC(=O)C1CCOCC1. The Balaban J connectivity index is 2.31. The summed E-state index contributed by atoms with van der Waals surface area (Å²) >= 11 is 3.41. The molecule has 1 heterocycles. The van der Waals surface area contributed by atoms with E-state index in [1.165, 1.54) is 0 Å². The second-order valence-electron chi connectivity index (χ2n) is 3.98. The first-order valence-electron chi connectivity index (χ1n) is 5.72. The molecule has 0 aromatic rings. The van der Waals surface area contributed by atoms with E-state index in [1.807, 2.05) is 0 Å². The van der Waals surface area contributed by atoms with Gasteiger partial charge in [0.1, 0.15) is 0 Å². The fourth-order valence-corrected chi connectivity index (χ4v) is 2.34. The van der Waals surface area contributed by atoms with Crippen LogP contribution in [0, 0.1) is 5.92 Å². The zero-order chi connectivity index (χ0) is 11.1. The quantitative estimate of drug-likeness (QED) is 0.782. The van der Waals surface area contributed by atoms with Gasteiger partial charge in [-0.15, -0.1) is 0 Å². The predicted octanol–water partition coefficient (Wildman–Crippen LogP) is 2.09. The Morgan fingerprint density at radius 2 is 2.20 bits per heavy atom. The van der Waals surface area contributed by atoms with Crippen molar-refractivity contribution in [1.82, 2.24) is 5.32 Å². The van der Waals surface area contributed by atoms with Crippen LogP contribution < -0.4 is 5.32 Å². The third-order valence-electron chi connectivity index (χ3n) is 2.89.